The zero-order valence-corrected chi connectivity index (χ0v) is 10.1. The van der Waals surface area contributed by atoms with Crippen LogP contribution in [-0.2, 0) is 17.6 Å². The largest absolute Gasteiger partial charge is 0.468 e. The molecule has 17 heavy (non-hydrogen) atoms. The van der Waals surface area contributed by atoms with Gasteiger partial charge in [-0.15, -0.1) is 11.8 Å². The molecule has 0 atom stereocenters. The fourth-order valence-corrected chi connectivity index (χ4v) is 1.92. The van der Waals surface area contributed by atoms with Crippen molar-refractivity contribution in [2.24, 2.45) is 7.05 Å². The Morgan fingerprint density at radius 1 is 1.65 bits per heavy atom. The predicted octanol–water partition coefficient (Wildman–Crippen LogP) is 0.964. The van der Waals surface area contributed by atoms with Crippen LogP contribution in [0.25, 0.3) is 0 Å². The molecule has 0 fully saturated rings. The normalized spacial score (nSPS) is 10.4. The number of hydrogen-bond donors (Lipinski definition) is 1. The van der Waals surface area contributed by atoms with Crippen LogP contribution in [0.3, 0.4) is 0 Å². The van der Waals surface area contributed by atoms with Crippen molar-refractivity contribution in [1.82, 2.24) is 5.27 Å². The van der Waals surface area contributed by atoms with E-state index in [9.17, 15) is 4.79 Å². The third kappa shape index (κ3) is 3.63. The number of aryl methyl sites for hydroxylation is 1. The highest BCUT2D eigenvalue weighted by molar-refractivity contribution is 7.99. The molecule has 2 heterocycles. The monoisotopic (exact) mass is 254 g/mol. The molecule has 0 aliphatic carbocycles. The lowest BCUT2D eigenvalue weighted by atomic mass is 10.5. The molecule has 0 aromatic carbocycles. The highest BCUT2D eigenvalue weighted by atomic mass is 32.2. The molecule has 0 aliphatic heterocycles. The molecule has 6 nitrogen and oxygen atoms in total. The number of rotatable bonds is 5. The molecular weight excluding hydrogens is 242 g/mol. The van der Waals surface area contributed by atoms with Gasteiger partial charge in [0.2, 0.25) is 5.91 Å². The van der Waals surface area contributed by atoms with Crippen molar-refractivity contribution in [2.75, 3.05) is 11.1 Å². The van der Waals surface area contributed by atoms with Gasteiger partial charge >= 0.3 is 5.88 Å². The first-order valence-electron chi connectivity index (χ1n) is 4.96. The van der Waals surface area contributed by atoms with Crippen LogP contribution in [0.15, 0.2) is 33.5 Å². The molecule has 1 amide bonds. The zero-order chi connectivity index (χ0) is 12.1. The quantitative estimate of drug-likeness (QED) is 0.805. The minimum atomic E-state index is -0.127. The summed E-state index contributed by atoms with van der Waals surface area (Å²) in [5.74, 6) is 2.08. The number of thioether (sulfide) groups is 1. The van der Waals surface area contributed by atoms with E-state index in [4.69, 9.17) is 8.94 Å². The summed E-state index contributed by atoms with van der Waals surface area (Å²) in [5, 5.41) is 6.20. The maximum Gasteiger partial charge on any atom is 0.302 e. The molecule has 2 rings (SSSR count). The van der Waals surface area contributed by atoms with E-state index in [0.29, 0.717) is 17.4 Å². The Hall–Kier alpha value is -1.76. The van der Waals surface area contributed by atoms with Crippen molar-refractivity contribution in [3.63, 3.8) is 0 Å². The van der Waals surface area contributed by atoms with E-state index < -0.39 is 0 Å². The van der Waals surface area contributed by atoms with Crippen LogP contribution >= 0.6 is 11.8 Å². The molecule has 0 spiro atoms. The van der Waals surface area contributed by atoms with Crippen LogP contribution in [0.5, 0.6) is 0 Å². The highest BCUT2D eigenvalue weighted by Crippen LogP contribution is 2.12. The number of amides is 1. The fourth-order valence-electron chi connectivity index (χ4n) is 1.19. The van der Waals surface area contributed by atoms with E-state index in [2.05, 4.69) is 10.6 Å². The lowest BCUT2D eigenvalue weighted by Crippen LogP contribution is -2.28. The van der Waals surface area contributed by atoms with Crippen LogP contribution < -0.4 is 10.00 Å². The Kier molecular flexibility index (Phi) is 3.81. The zero-order valence-electron chi connectivity index (χ0n) is 9.25. The maximum absolute atomic E-state index is 11.5. The Morgan fingerprint density at radius 3 is 3.18 bits per heavy atom. The summed E-state index contributed by atoms with van der Waals surface area (Å²) in [6.07, 6.45) is 3.21. The highest BCUT2D eigenvalue weighted by Gasteiger charge is 2.10. The topological polar surface area (TPSA) is 72.2 Å². The molecule has 0 saturated heterocycles. The van der Waals surface area contributed by atoms with Crippen molar-refractivity contribution < 1.29 is 18.4 Å². The van der Waals surface area contributed by atoms with Crippen LogP contribution in [0.4, 0.5) is 5.88 Å². The Balaban J connectivity index is 1.71. The first kappa shape index (κ1) is 11.7. The number of carbonyl (C=O) groups excluding carboxylic acids is 1. The van der Waals surface area contributed by atoms with Gasteiger partial charge in [0.15, 0.2) is 12.3 Å². The van der Waals surface area contributed by atoms with Crippen molar-refractivity contribution in [3.05, 3.63) is 30.4 Å². The van der Waals surface area contributed by atoms with Gasteiger partial charge in [0, 0.05) is 0 Å². The number of carbonyl (C=O) groups is 1. The summed E-state index contributed by atoms with van der Waals surface area (Å²) in [5.41, 5.74) is 0. The van der Waals surface area contributed by atoms with Gasteiger partial charge in [-0.1, -0.05) is 4.68 Å². The van der Waals surface area contributed by atoms with Gasteiger partial charge in [0.1, 0.15) is 5.76 Å². The molecule has 0 radical (unpaired) electrons. The van der Waals surface area contributed by atoms with Gasteiger partial charge in [-0.25, -0.2) is 0 Å². The number of nitrogens with zero attached hydrogens (tertiary/aromatic N) is 2. The molecular formula is C10H12N3O3S+. The van der Waals surface area contributed by atoms with E-state index in [1.165, 1.54) is 16.4 Å². The lowest BCUT2D eigenvalue weighted by Gasteiger charge is -1.98. The van der Waals surface area contributed by atoms with Crippen molar-refractivity contribution in [1.29, 1.82) is 0 Å². The smallest absolute Gasteiger partial charge is 0.302 e. The minimum absolute atomic E-state index is 0.127. The van der Waals surface area contributed by atoms with Crippen molar-refractivity contribution >= 4 is 23.6 Å². The molecule has 0 unspecified atom stereocenters. The minimum Gasteiger partial charge on any atom is -0.468 e. The molecule has 0 bridgehead atoms. The SMILES string of the molecule is C[n+]1cc(NC(=O)CSCc2ccco2)on1. The van der Waals surface area contributed by atoms with Crippen LogP contribution in [0, 0.1) is 0 Å². The van der Waals surface area contributed by atoms with E-state index >= 15 is 0 Å². The molecule has 2 aromatic heterocycles. The lowest BCUT2D eigenvalue weighted by molar-refractivity contribution is -0.739. The summed E-state index contributed by atoms with van der Waals surface area (Å²) < 4.78 is 11.5. The summed E-state index contributed by atoms with van der Waals surface area (Å²) in [6, 6.07) is 3.70. The second kappa shape index (κ2) is 5.53. The molecule has 0 saturated carbocycles. The Bertz CT molecular complexity index is 481. The molecule has 7 heteroatoms. The van der Waals surface area contributed by atoms with E-state index in [1.54, 1.807) is 19.5 Å². The van der Waals surface area contributed by atoms with Crippen molar-refractivity contribution in [2.45, 2.75) is 5.75 Å². The van der Waals surface area contributed by atoms with Crippen LogP contribution in [0.1, 0.15) is 5.76 Å². The molecule has 1 N–H and O–H groups in total. The van der Waals surface area contributed by atoms with Gasteiger partial charge in [-0.2, -0.15) is 0 Å². The van der Waals surface area contributed by atoms with Gasteiger partial charge in [-0.05, 0) is 12.1 Å². The third-order valence-electron chi connectivity index (χ3n) is 1.89. The summed E-state index contributed by atoms with van der Waals surface area (Å²) in [6.45, 7) is 0. The van der Waals surface area contributed by atoms with Gasteiger partial charge in [-0.3, -0.25) is 14.6 Å². The number of nitrogens with one attached hydrogen (secondary N) is 1. The van der Waals surface area contributed by atoms with Gasteiger partial charge in [0.25, 0.3) is 6.20 Å². The third-order valence-corrected chi connectivity index (χ3v) is 2.85. The van der Waals surface area contributed by atoms with E-state index in [-0.39, 0.29) is 5.91 Å². The maximum atomic E-state index is 11.5. The van der Waals surface area contributed by atoms with Crippen molar-refractivity contribution in [3.8, 4) is 0 Å². The summed E-state index contributed by atoms with van der Waals surface area (Å²) in [4.78, 5) is 11.5. The summed E-state index contributed by atoms with van der Waals surface area (Å²) >= 11 is 1.47. The van der Waals surface area contributed by atoms with Gasteiger partial charge < -0.3 is 4.42 Å². The average Bonchev–Trinajstić information content (AvgIpc) is 2.90. The predicted molar refractivity (Wildman–Crippen MR) is 61.2 cm³/mol. The Morgan fingerprint density at radius 2 is 2.53 bits per heavy atom. The number of furan rings is 1. The first-order chi connectivity index (χ1) is 8.24. The number of hydrogen-bond acceptors (Lipinski definition) is 5. The number of aromatic nitrogens is 2. The van der Waals surface area contributed by atoms with Crippen LogP contribution in [-0.4, -0.2) is 16.9 Å². The summed E-state index contributed by atoms with van der Waals surface area (Å²) in [7, 11) is 1.71. The Labute approximate surface area is 102 Å². The fraction of sp³-hybridized carbons (Fsp3) is 0.300. The molecule has 0 aliphatic rings. The van der Waals surface area contributed by atoms with Crippen LogP contribution in [0.2, 0.25) is 0 Å². The number of anilines is 1. The second-order valence-electron chi connectivity index (χ2n) is 3.36. The van der Waals surface area contributed by atoms with E-state index in [1.807, 2.05) is 12.1 Å². The van der Waals surface area contributed by atoms with E-state index in [0.717, 1.165) is 5.76 Å². The standard InChI is InChI=1S/C10H11N3O3S/c1-13-5-10(16-12-13)11-9(14)7-17-6-8-3-2-4-15-8/h2-5H,6-7H2,1H3/p+1. The first-order valence-corrected chi connectivity index (χ1v) is 6.12. The van der Waals surface area contributed by atoms with Gasteiger partial charge in [0.05, 0.1) is 17.8 Å². The average molecular weight is 254 g/mol. The molecule has 2 aromatic rings. The molecule has 90 valence electrons. The second-order valence-corrected chi connectivity index (χ2v) is 4.35.